The highest BCUT2D eigenvalue weighted by atomic mass is 16.7. The Morgan fingerprint density at radius 3 is 2.83 bits per heavy atom. The average molecular weight is 386 g/mol. The Kier molecular flexibility index (Phi) is 4.37. The van der Waals surface area contributed by atoms with Crippen molar-refractivity contribution in [2.45, 2.75) is 0 Å². The third kappa shape index (κ3) is 3.29. The molecule has 0 saturated heterocycles. The minimum Gasteiger partial charge on any atom is -0.492 e. The summed E-state index contributed by atoms with van der Waals surface area (Å²) in [6.45, 7) is 0.932. The molecule has 0 bridgehead atoms. The van der Waals surface area contributed by atoms with Gasteiger partial charge in [0.1, 0.15) is 12.4 Å². The van der Waals surface area contributed by atoms with Gasteiger partial charge in [0.25, 0.3) is 5.91 Å². The smallest absolute Gasteiger partial charge is 0.253 e. The van der Waals surface area contributed by atoms with E-state index in [-0.39, 0.29) is 12.7 Å². The number of rotatable bonds is 5. The van der Waals surface area contributed by atoms with Crippen molar-refractivity contribution in [3.8, 4) is 17.2 Å². The third-order valence-electron chi connectivity index (χ3n) is 4.86. The molecular weight excluding hydrogens is 368 g/mol. The second-order valence-electron chi connectivity index (χ2n) is 6.66. The average Bonchev–Trinajstić information content (AvgIpc) is 3.24. The summed E-state index contributed by atoms with van der Waals surface area (Å²) in [6.07, 6.45) is 1.70. The summed E-state index contributed by atoms with van der Waals surface area (Å²) < 4.78 is 16.3. The van der Waals surface area contributed by atoms with Gasteiger partial charge in [-0.2, -0.15) is 0 Å². The number of fused-ring (bicyclic) bond motifs is 4. The molecule has 0 spiro atoms. The summed E-state index contributed by atoms with van der Waals surface area (Å²) in [5, 5.41) is 5.97. The lowest BCUT2D eigenvalue weighted by atomic mass is 10.0. The number of nitrogens with one attached hydrogen (secondary N) is 1. The van der Waals surface area contributed by atoms with Crippen LogP contribution in [-0.4, -0.2) is 30.8 Å². The molecular formula is C23H18N2O4. The lowest BCUT2D eigenvalue weighted by Gasteiger charge is -2.11. The molecule has 0 atom stereocenters. The summed E-state index contributed by atoms with van der Waals surface area (Å²) in [6, 6.07) is 19.2. The van der Waals surface area contributed by atoms with Crippen LogP contribution in [0.5, 0.6) is 17.2 Å². The van der Waals surface area contributed by atoms with Crippen LogP contribution in [0.3, 0.4) is 0 Å². The van der Waals surface area contributed by atoms with Gasteiger partial charge in [-0.25, -0.2) is 0 Å². The maximum Gasteiger partial charge on any atom is 0.253 e. The van der Waals surface area contributed by atoms with Crippen LogP contribution in [-0.2, 0) is 0 Å². The molecule has 0 radical (unpaired) electrons. The summed E-state index contributed by atoms with van der Waals surface area (Å²) in [7, 11) is 0. The van der Waals surface area contributed by atoms with Crippen molar-refractivity contribution in [1.29, 1.82) is 0 Å². The number of hydrogen-bond donors (Lipinski definition) is 1. The van der Waals surface area contributed by atoms with Gasteiger partial charge in [-0.15, -0.1) is 0 Å². The SMILES string of the molecule is O=C(NCCOc1ccc2c(c1)OCO2)c1cc2ccccc2c2cccnc12. The molecule has 29 heavy (non-hydrogen) atoms. The van der Waals surface area contributed by atoms with Crippen molar-refractivity contribution in [2.24, 2.45) is 0 Å². The summed E-state index contributed by atoms with van der Waals surface area (Å²) in [5.74, 6) is 1.87. The van der Waals surface area contributed by atoms with Crippen LogP contribution in [0.1, 0.15) is 10.4 Å². The monoisotopic (exact) mass is 386 g/mol. The van der Waals surface area contributed by atoms with Gasteiger partial charge < -0.3 is 19.5 Å². The fraction of sp³-hybridized carbons (Fsp3) is 0.130. The lowest BCUT2D eigenvalue weighted by molar-refractivity contribution is 0.0948. The number of pyridine rings is 1. The molecule has 144 valence electrons. The Morgan fingerprint density at radius 2 is 1.86 bits per heavy atom. The number of amides is 1. The molecule has 0 aliphatic carbocycles. The first-order valence-electron chi connectivity index (χ1n) is 9.37. The van der Waals surface area contributed by atoms with Crippen molar-refractivity contribution < 1.29 is 19.0 Å². The minimum atomic E-state index is -0.172. The molecule has 1 aliphatic heterocycles. The van der Waals surface area contributed by atoms with Crippen molar-refractivity contribution in [2.75, 3.05) is 19.9 Å². The Labute approximate surface area is 167 Å². The first kappa shape index (κ1) is 17.3. The molecule has 0 saturated carbocycles. The van der Waals surface area contributed by atoms with Crippen molar-refractivity contribution in [1.82, 2.24) is 10.3 Å². The molecule has 5 rings (SSSR count). The summed E-state index contributed by atoms with van der Waals surface area (Å²) in [4.78, 5) is 17.3. The topological polar surface area (TPSA) is 69.7 Å². The molecule has 0 fully saturated rings. The molecule has 0 unspecified atom stereocenters. The maximum atomic E-state index is 12.8. The Balaban J connectivity index is 1.30. The van der Waals surface area contributed by atoms with Gasteiger partial charge in [-0.1, -0.05) is 30.3 Å². The van der Waals surface area contributed by atoms with Gasteiger partial charge in [0.2, 0.25) is 6.79 Å². The number of benzene rings is 3. The second-order valence-corrected chi connectivity index (χ2v) is 6.66. The third-order valence-corrected chi connectivity index (χ3v) is 4.86. The Bertz CT molecular complexity index is 1220. The van der Waals surface area contributed by atoms with Gasteiger partial charge in [-0.05, 0) is 35.0 Å². The largest absolute Gasteiger partial charge is 0.492 e. The van der Waals surface area contributed by atoms with Crippen molar-refractivity contribution in [3.05, 3.63) is 72.4 Å². The standard InChI is InChI=1S/C23H18N2O4/c26-23(25-10-11-27-16-7-8-20-21(13-16)29-14-28-20)19-12-15-4-1-2-5-17(15)18-6-3-9-24-22(18)19/h1-9,12-13H,10-11,14H2,(H,25,26). The van der Waals surface area contributed by atoms with Gasteiger partial charge >= 0.3 is 0 Å². The highest BCUT2D eigenvalue weighted by molar-refractivity contribution is 6.15. The molecule has 6 nitrogen and oxygen atoms in total. The van der Waals surface area contributed by atoms with E-state index in [0.29, 0.717) is 41.5 Å². The van der Waals surface area contributed by atoms with E-state index in [2.05, 4.69) is 10.3 Å². The number of carbonyl (C=O) groups is 1. The molecule has 2 heterocycles. The lowest BCUT2D eigenvalue weighted by Crippen LogP contribution is -2.28. The van der Waals surface area contributed by atoms with Crippen molar-refractivity contribution in [3.63, 3.8) is 0 Å². The Hall–Kier alpha value is -3.80. The predicted molar refractivity (Wildman–Crippen MR) is 110 cm³/mol. The molecule has 1 amide bonds. The van der Waals surface area contributed by atoms with Gasteiger partial charge in [0.05, 0.1) is 17.6 Å². The van der Waals surface area contributed by atoms with E-state index >= 15 is 0 Å². The van der Waals surface area contributed by atoms with E-state index in [1.54, 1.807) is 12.3 Å². The normalized spacial score (nSPS) is 12.3. The molecule has 6 heteroatoms. The quantitative estimate of drug-likeness (QED) is 0.416. The number of aromatic nitrogens is 1. The molecule has 3 aromatic carbocycles. The highest BCUT2D eigenvalue weighted by Gasteiger charge is 2.15. The van der Waals surface area contributed by atoms with Gasteiger partial charge in [0, 0.05) is 17.6 Å². The molecule has 1 N–H and O–H groups in total. The first-order valence-corrected chi connectivity index (χ1v) is 9.37. The highest BCUT2D eigenvalue weighted by Crippen LogP contribution is 2.35. The maximum absolute atomic E-state index is 12.8. The first-order chi connectivity index (χ1) is 14.3. The van der Waals surface area contributed by atoms with Crippen LogP contribution in [0.2, 0.25) is 0 Å². The fourth-order valence-electron chi connectivity index (χ4n) is 3.50. The zero-order chi connectivity index (χ0) is 19.6. The summed E-state index contributed by atoms with van der Waals surface area (Å²) >= 11 is 0. The van der Waals surface area contributed by atoms with E-state index in [1.807, 2.05) is 54.6 Å². The minimum absolute atomic E-state index is 0.172. The zero-order valence-electron chi connectivity index (χ0n) is 15.6. The van der Waals surface area contributed by atoms with Crippen LogP contribution in [0.25, 0.3) is 21.7 Å². The second kappa shape index (κ2) is 7.31. The molecule has 1 aliphatic rings. The van der Waals surface area contributed by atoms with Crippen LogP contribution in [0.4, 0.5) is 0 Å². The van der Waals surface area contributed by atoms with Gasteiger partial charge in [-0.3, -0.25) is 9.78 Å². The number of carbonyl (C=O) groups excluding carboxylic acids is 1. The van der Waals surface area contributed by atoms with E-state index in [0.717, 1.165) is 16.2 Å². The Morgan fingerprint density at radius 1 is 1.00 bits per heavy atom. The van der Waals surface area contributed by atoms with Crippen LogP contribution in [0.15, 0.2) is 66.9 Å². The van der Waals surface area contributed by atoms with E-state index in [4.69, 9.17) is 14.2 Å². The van der Waals surface area contributed by atoms with Crippen LogP contribution in [0, 0.1) is 0 Å². The van der Waals surface area contributed by atoms with E-state index < -0.39 is 0 Å². The molecule has 4 aromatic rings. The predicted octanol–water partition coefficient (Wildman–Crippen LogP) is 3.93. The van der Waals surface area contributed by atoms with E-state index in [1.165, 1.54) is 0 Å². The van der Waals surface area contributed by atoms with Crippen LogP contribution >= 0.6 is 0 Å². The van der Waals surface area contributed by atoms with Gasteiger partial charge in [0.15, 0.2) is 11.5 Å². The van der Waals surface area contributed by atoms with Crippen molar-refractivity contribution >= 4 is 27.6 Å². The van der Waals surface area contributed by atoms with E-state index in [9.17, 15) is 4.79 Å². The summed E-state index contributed by atoms with van der Waals surface area (Å²) in [5.41, 5.74) is 1.25. The fourth-order valence-corrected chi connectivity index (χ4v) is 3.50. The molecule has 1 aromatic heterocycles. The zero-order valence-corrected chi connectivity index (χ0v) is 15.6. The number of hydrogen-bond acceptors (Lipinski definition) is 5. The van der Waals surface area contributed by atoms with Crippen LogP contribution < -0.4 is 19.5 Å². The number of ether oxygens (including phenoxy) is 3. The number of nitrogens with zero attached hydrogens (tertiary/aromatic N) is 1.